The van der Waals surface area contributed by atoms with E-state index in [1.165, 1.54) is 32.1 Å². The summed E-state index contributed by atoms with van der Waals surface area (Å²) in [6.07, 6.45) is 15.1. The zero-order chi connectivity index (χ0) is 58.9. The summed E-state index contributed by atoms with van der Waals surface area (Å²) >= 11 is 0. The smallest absolute Gasteiger partial charge is 0.326 e. The number of aliphatic carboxylic acids is 4. The van der Waals surface area contributed by atoms with E-state index in [9.17, 15) is 68.1 Å². The Hall–Kier alpha value is -6.07. The molecular weight excluding hydrogens is 1040 g/mol. The number of unbranched alkanes of at least 4 members (excludes halogenated alkanes) is 14. The molecule has 0 aliphatic heterocycles. The number of carboxylic acids is 4. The molecule has 0 aliphatic rings. The topological polar surface area (TPSA) is 442 Å². The summed E-state index contributed by atoms with van der Waals surface area (Å²) in [5, 5.41) is 52.0. The molecule has 0 aromatic carbocycles. The minimum absolute atomic E-state index is 0.0340. The molecule has 79 heavy (non-hydrogen) atoms. The van der Waals surface area contributed by atoms with Crippen molar-refractivity contribution in [2.24, 2.45) is 11.6 Å². The first-order valence-electron chi connectivity index (χ1n) is 27.5. The number of carboxylic acid groups (broad SMARTS) is 4. The van der Waals surface area contributed by atoms with Crippen LogP contribution in [0.3, 0.4) is 0 Å². The van der Waals surface area contributed by atoms with Gasteiger partial charge in [-0.3, -0.25) is 44.2 Å². The summed E-state index contributed by atoms with van der Waals surface area (Å²) in [5.74, 6) is -3.40. The normalized spacial score (nSPS) is 12.5. The molecule has 0 bridgehead atoms. The van der Waals surface area contributed by atoms with Crippen molar-refractivity contribution >= 4 is 65.2 Å². The van der Waals surface area contributed by atoms with Crippen LogP contribution in [-0.4, -0.2) is 182 Å². The molecule has 0 aromatic heterocycles. The third-order valence-electron chi connectivity index (χ3n) is 12.1. The highest BCUT2D eigenvalue weighted by atomic mass is 16.5. The molecule has 0 unspecified atom stereocenters. The predicted octanol–water partition coefficient (Wildman–Crippen LogP) is 0.264. The summed E-state index contributed by atoms with van der Waals surface area (Å²) in [4.78, 5) is 130. The minimum atomic E-state index is -1.49. The first-order valence-corrected chi connectivity index (χ1v) is 27.5. The van der Waals surface area contributed by atoms with Gasteiger partial charge < -0.3 is 77.0 Å². The Labute approximate surface area is 462 Å². The molecule has 7 amide bonds. The second kappa shape index (κ2) is 49.0. The molecule has 0 spiro atoms. The van der Waals surface area contributed by atoms with Crippen LogP contribution in [0.2, 0.25) is 0 Å². The maximum atomic E-state index is 12.4. The summed E-state index contributed by atoms with van der Waals surface area (Å²) < 4.78 is 21.2. The molecular formula is C51H91N9O19. The van der Waals surface area contributed by atoms with Crippen LogP contribution in [0, 0.1) is 0 Å². The van der Waals surface area contributed by atoms with E-state index in [0.29, 0.717) is 25.7 Å². The SMILES string of the molecule is NN[C@@H](CCCCNC(=O)CC[C@H](NC(=O)CC[C@H](NC(=O)COCCOCCNC(=O)COCCOCCNC(=O)CC[C@H](NC(=O)CCCCCCCCCCCCCCCCC(=O)O)C(=O)O)C(=O)O)C(=O)O)C(N)=O. The summed E-state index contributed by atoms with van der Waals surface area (Å²) in [7, 11) is 0. The lowest BCUT2D eigenvalue weighted by Gasteiger charge is -2.17. The number of rotatable bonds is 55. The highest BCUT2D eigenvalue weighted by Crippen LogP contribution is 2.14. The average molecular weight is 1130 g/mol. The lowest BCUT2D eigenvalue weighted by molar-refractivity contribution is -0.144. The zero-order valence-electron chi connectivity index (χ0n) is 45.8. The van der Waals surface area contributed by atoms with E-state index in [2.05, 4.69) is 37.3 Å². The fourth-order valence-electron chi connectivity index (χ4n) is 7.58. The van der Waals surface area contributed by atoms with Crippen LogP contribution in [0.25, 0.3) is 0 Å². The lowest BCUT2D eigenvalue weighted by Crippen LogP contribution is -2.45. The number of hydrazine groups is 1. The van der Waals surface area contributed by atoms with Gasteiger partial charge in [-0.25, -0.2) is 19.8 Å². The molecule has 0 fully saturated rings. The Morgan fingerprint density at radius 3 is 1.11 bits per heavy atom. The molecule has 0 aliphatic carbocycles. The van der Waals surface area contributed by atoms with Gasteiger partial charge in [-0.1, -0.05) is 77.0 Å². The number of carbonyl (C=O) groups is 11. The van der Waals surface area contributed by atoms with Gasteiger partial charge in [-0.2, -0.15) is 0 Å². The number of nitrogens with two attached hydrogens (primary N) is 2. The van der Waals surface area contributed by atoms with Crippen LogP contribution >= 0.6 is 0 Å². The van der Waals surface area contributed by atoms with Crippen LogP contribution in [0.4, 0.5) is 0 Å². The van der Waals surface area contributed by atoms with E-state index in [0.717, 1.165) is 51.4 Å². The number of primary amides is 1. The Kier molecular flexibility index (Phi) is 45.2. The molecule has 0 heterocycles. The number of hydrogen-bond donors (Lipinski definition) is 13. The number of amides is 7. The standard InChI is InChI=1S/C51H91N9O19/c52-48(69)37(60-53)17-15-16-26-54-41(61)23-20-39(50(72)73)58-44(64)25-22-40(51(74)75)59-46(66)36-79-34-32-77-30-28-56-45(65)35-78-33-31-76-29-27-55-42(62)24-21-38(49(70)71)57-43(63)18-13-11-9-7-5-3-1-2-4-6-8-10-12-14-19-47(67)68/h37-40,60H,1-36,53H2,(H2,52,69)(H,54,61)(H,55,62)(H,56,65)(H,57,63)(H,58,64)(H,59,66)(H,67,68)(H,70,71)(H,72,73)(H,74,75)/t37-,38-,39-,40-/m0/s1. The maximum absolute atomic E-state index is 12.4. The van der Waals surface area contributed by atoms with Crippen LogP contribution in [-0.2, 0) is 71.7 Å². The summed E-state index contributed by atoms with van der Waals surface area (Å²) in [6, 6.07) is -4.81. The average Bonchev–Trinajstić information content (AvgIpc) is 3.39. The molecule has 15 N–H and O–H groups in total. The van der Waals surface area contributed by atoms with Gasteiger partial charge in [0, 0.05) is 51.7 Å². The Bertz CT molecular complexity index is 1800. The van der Waals surface area contributed by atoms with Crippen LogP contribution < -0.4 is 48.9 Å². The maximum Gasteiger partial charge on any atom is 0.326 e. The molecule has 0 aromatic rings. The number of carbonyl (C=O) groups excluding carboxylic acids is 7. The Morgan fingerprint density at radius 1 is 0.342 bits per heavy atom. The third kappa shape index (κ3) is 45.5. The van der Waals surface area contributed by atoms with Gasteiger partial charge in [0.1, 0.15) is 31.3 Å². The van der Waals surface area contributed by atoms with Crippen LogP contribution in [0.15, 0.2) is 0 Å². The molecule has 454 valence electrons. The summed E-state index contributed by atoms with van der Waals surface area (Å²) in [5.41, 5.74) is 7.48. The number of ether oxygens (including phenoxy) is 4. The molecule has 4 atom stereocenters. The molecule has 0 saturated heterocycles. The minimum Gasteiger partial charge on any atom is -0.481 e. The fraction of sp³-hybridized carbons (Fsp3) is 0.784. The van der Waals surface area contributed by atoms with E-state index in [1.54, 1.807) is 0 Å². The molecule has 0 saturated carbocycles. The van der Waals surface area contributed by atoms with Crippen molar-refractivity contribution in [2.75, 3.05) is 72.5 Å². The van der Waals surface area contributed by atoms with Gasteiger partial charge in [0.15, 0.2) is 0 Å². The highest BCUT2D eigenvalue weighted by molar-refractivity contribution is 5.87. The molecule has 0 rings (SSSR count). The van der Waals surface area contributed by atoms with Gasteiger partial charge in [-0.05, 0) is 51.4 Å². The van der Waals surface area contributed by atoms with Crippen molar-refractivity contribution in [3.63, 3.8) is 0 Å². The van der Waals surface area contributed by atoms with Crippen LogP contribution in [0.1, 0.15) is 161 Å². The fourth-order valence-corrected chi connectivity index (χ4v) is 7.58. The Morgan fingerprint density at radius 2 is 0.696 bits per heavy atom. The van der Waals surface area contributed by atoms with E-state index in [1.807, 2.05) is 0 Å². The number of hydrogen-bond acceptors (Lipinski definition) is 17. The lowest BCUT2D eigenvalue weighted by atomic mass is 10.0. The first kappa shape index (κ1) is 72.9. The van der Waals surface area contributed by atoms with E-state index >= 15 is 0 Å². The van der Waals surface area contributed by atoms with Crippen molar-refractivity contribution < 1.29 is 92.1 Å². The number of nitrogens with one attached hydrogen (secondary N) is 7. The zero-order valence-corrected chi connectivity index (χ0v) is 45.8. The Balaban J connectivity index is 3.97. The molecule has 28 nitrogen and oxygen atoms in total. The van der Waals surface area contributed by atoms with Crippen molar-refractivity contribution in [1.82, 2.24) is 37.3 Å². The molecule has 0 radical (unpaired) electrons. The molecule has 28 heteroatoms. The van der Waals surface area contributed by atoms with E-state index < -0.39 is 96.5 Å². The van der Waals surface area contributed by atoms with Crippen molar-refractivity contribution in [2.45, 2.75) is 185 Å². The van der Waals surface area contributed by atoms with Gasteiger partial charge in [0.25, 0.3) is 0 Å². The second-order valence-electron chi connectivity index (χ2n) is 18.8. The highest BCUT2D eigenvalue weighted by Gasteiger charge is 2.25. The predicted molar refractivity (Wildman–Crippen MR) is 284 cm³/mol. The van der Waals surface area contributed by atoms with Crippen molar-refractivity contribution in [3.05, 3.63) is 0 Å². The van der Waals surface area contributed by atoms with Gasteiger partial charge in [0.05, 0.1) is 45.7 Å². The summed E-state index contributed by atoms with van der Waals surface area (Å²) in [6.45, 7) is 0.201. The van der Waals surface area contributed by atoms with Crippen molar-refractivity contribution in [1.29, 1.82) is 0 Å². The van der Waals surface area contributed by atoms with Gasteiger partial charge in [0.2, 0.25) is 41.4 Å². The quantitative estimate of drug-likeness (QED) is 0.0221. The monoisotopic (exact) mass is 1130 g/mol. The largest absolute Gasteiger partial charge is 0.481 e. The van der Waals surface area contributed by atoms with Crippen LogP contribution in [0.5, 0.6) is 0 Å². The van der Waals surface area contributed by atoms with Gasteiger partial charge in [-0.15, -0.1) is 0 Å². The van der Waals surface area contributed by atoms with E-state index in [-0.39, 0.29) is 117 Å². The second-order valence-corrected chi connectivity index (χ2v) is 18.8. The van der Waals surface area contributed by atoms with Gasteiger partial charge >= 0.3 is 23.9 Å². The van der Waals surface area contributed by atoms with Crippen molar-refractivity contribution in [3.8, 4) is 0 Å². The third-order valence-corrected chi connectivity index (χ3v) is 12.1. The van der Waals surface area contributed by atoms with E-state index in [4.69, 9.17) is 35.6 Å². The first-order chi connectivity index (χ1) is 37.9.